The fraction of sp³-hybridized carbons (Fsp3) is 1.00. The van der Waals surface area contributed by atoms with E-state index >= 15 is 0 Å². The van der Waals surface area contributed by atoms with Crippen LogP contribution < -0.4 is 0 Å². The Kier molecular flexibility index (Phi) is 19.6. The van der Waals surface area contributed by atoms with Gasteiger partial charge in [0, 0.05) is 0 Å². The number of hydrogen-bond acceptors (Lipinski definition) is 1. The molecule has 0 bridgehead atoms. The van der Waals surface area contributed by atoms with E-state index in [-0.39, 0.29) is 0 Å². The zero-order chi connectivity index (χ0) is 15.7. The number of unbranched alkanes of at least 4 members (excludes halogenated alkanes) is 4. The number of hydrogen-bond donors (Lipinski definition) is 0. The lowest BCUT2D eigenvalue weighted by Gasteiger charge is -2.39. The van der Waals surface area contributed by atoms with Gasteiger partial charge in [0.1, 0.15) is 0 Å². The van der Waals surface area contributed by atoms with Gasteiger partial charge in [-0.15, -0.1) is 0 Å². The monoisotopic (exact) mass is 303 g/mol. The molecule has 0 aliphatic heterocycles. The van der Waals surface area contributed by atoms with Gasteiger partial charge in [-0.1, -0.05) is 60.3 Å². The molecule has 0 saturated heterocycles. The summed E-state index contributed by atoms with van der Waals surface area (Å²) in [4.78, 5) is 0. The first kappa shape index (κ1) is 22.6. The number of rotatable bonds is 12. The van der Waals surface area contributed by atoms with Crippen LogP contribution in [0.3, 0.4) is 0 Å². The van der Waals surface area contributed by atoms with Crippen molar-refractivity contribution in [3.8, 4) is 0 Å². The van der Waals surface area contributed by atoms with Gasteiger partial charge in [0.25, 0.3) is 0 Å². The van der Waals surface area contributed by atoms with Crippen LogP contribution in [0.4, 0.5) is 0 Å². The molecule has 0 saturated carbocycles. The van der Waals surface area contributed by atoms with Crippen molar-refractivity contribution in [1.29, 1.82) is 0 Å². The first-order valence-electron chi connectivity index (χ1n) is 9.09. The average Bonchev–Trinajstić information content (AvgIpc) is 2.46. The van der Waals surface area contributed by atoms with Crippen molar-refractivity contribution in [2.45, 2.75) is 86.0 Å². The van der Waals surface area contributed by atoms with E-state index in [0.717, 1.165) is 5.75 Å². The molecule has 0 fully saturated rings. The molecule has 0 radical (unpaired) electrons. The lowest BCUT2D eigenvalue weighted by atomic mass is 10.1. The van der Waals surface area contributed by atoms with Gasteiger partial charge in [0.05, 0.1) is 26.2 Å². The van der Waals surface area contributed by atoms with E-state index in [4.69, 9.17) is 0 Å². The van der Waals surface area contributed by atoms with Crippen LogP contribution in [0.1, 0.15) is 86.0 Å². The highest BCUT2D eigenvalue weighted by Gasteiger charge is 2.24. The predicted molar refractivity (Wildman–Crippen MR) is 97.3 cm³/mol. The minimum absolute atomic E-state index is 0.833. The van der Waals surface area contributed by atoms with Crippen LogP contribution in [0.25, 0.3) is 0 Å². The van der Waals surface area contributed by atoms with E-state index in [0.29, 0.717) is 0 Å². The third kappa shape index (κ3) is 13.3. The second kappa shape index (κ2) is 17.4. The van der Waals surface area contributed by atoms with Crippen molar-refractivity contribution in [3.05, 3.63) is 0 Å². The van der Waals surface area contributed by atoms with E-state index in [2.05, 4.69) is 40.3 Å². The molecule has 0 rings (SSSR count). The fourth-order valence-electron chi connectivity index (χ4n) is 2.64. The minimum Gasteiger partial charge on any atom is -0.793 e. The molecule has 0 amide bonds. The second-order valence-electron chi connectivity index (χ2n) is 5.94. The van der Waals surface area contributed by atoms with E-state index in [1.54, 1.807) is 0 Å². The highest BCUT2D eigenvalue weighted by Crippen LogP contribution is 2.16. The molecule has 0 aromatic heterocycles. The summed E-state index contributed by atoms with van der Waals surface area (Å²) < 4.78 is 1.42. The second-order valence-corrected chi connectivity index (χ2v) is 6.52. The lowest BCUT2D eigenvalue weighted by Crippen LogP contribution is -2.50. The Morgan fingerprint density at radius 1 is 0.550 bits per heavy atom. The smallest absolute Gasteiger partial charge is 0.0786 e. The Bertz CT molecular complexity index is 133. The maximum Gasteiger partial charge on any atom is 0.0786 e. The Morgan fingerprint density at radius 3 is 0.900 bits per heavy atom. The zero-order valence-electron chi connectivity index (χ0n) is 15.0. The van der Waals surface area contributed by atoms with Crippen molar-refractivity contribution in [1.82, 2.24) is 0 Å². The number of nitrogens with zero attached hydrogens (tertiary/aromatic N) is 1. The van der Waals surface area contributed by atoms with Crippen LogP contribution in [0.5, 0.6) is 0 Å². The molecule has 1 nitrogen and oxygen atoms in total. The molecule has 0 heterocycles. The Balaban J connectivity index is 0. The molecule has 2 heteroatoms. The molecule has 0 N–H and O–H groups in total. The van der Waals surface area contributed by atoms with E-state index < -0.39 is 0 Å². The summed E-state index contributed by atoms with van der Waals surface area (Å²) in [5.41, 5.74) is 0. The molecule has 0 atom stereocenters. The summed E-state index contributed by atoms with van der Waals surface area (Å²) >= 11 is 4.39. The van der Waals surface area contributed by atoms with Gasteiger partial charge in [-0.05, 0) is 25.7 Å². The molecular formula is C18H41NS. The maximum absolute atomic E-state index is 4.39. The first-order valence-corrected chi connectivity index (χ1v) is 9.67. The summed E-state index contributed by atoms with van der Waals surface area (Å²) in [6.07, 6.45) is 11.1. The normalized spacial score (nSPS) is 11.1. The van der Waals surface area contributed by atoms with Gasteiger partial charge < -0.3 is 17.1 Å². The van der Waals surface area contributed by atoms with Crippen LogP contribution >= 0.6 is 0 Å². The Labute approximate surface area is 135 Å². The van der Waals surface area contributed by atoms with Crippen LogP contribution in [-0.4, -0.2) is 36.4 Å². The molecule has 0 unspecified atom stereocenters. The highest BCUT2D eigenvalue weighted by atomic mass is 32.1. The van der Waals surface area contributed by atoms with Crippen LogP contribution in [0, 0.1) is 0 Å². The highest BCUT2D eigenvalue weighted by molar-refractivity contribution is 7.58. The van der Waals surface area contributed by atoms with Crippen LogP contribution in [0.15, 0.2) is 0 Å². The van der Waals surface area contributed by atoms with Crippen molar-refractivity contribution in [2.75, 3.05) is 31.9 Å². The fourth-order valence-corrected chi connectivity index (χ4v) is 2.64. The van der Waals surface area contributed by atoms with Crippen molar-refractivity contribution in [3.63, 3.8) is 0 Å². The summed E-state index contributed by atoms with van der Waals surface area (Å²) in [6, 6.07) is 0. The van der Waals surface area contributed by atoms with Gasteiger partial charge in [0.2, 0.25) is 0 Å². The third-order valence-corrected chi connectivity index (χ3v) is 3.94. The van der Waals surface area contributed by atoms with Gasteiger partial charge in [0.15, 0.2) is 0 Å². The lowest BCUT2D eigenvalue weighted by molar-refractivity contribution is -0.929. The SMILES string of the molecule is CCCC[N+](CCCC)(CCCC)CCCC.CC[S-]. The van der Waals surface area contributed by atoms with Gasteiger partial charge in [-0.2, -0.15) is 5.75 Å². The van der Waals surface area contributed by atoms with E-state index in [1.165, 1.54) is 82.0 Å². The molecule has 0 aromatic rings. The van der Waals surface area contributed by atoms with E-state index in [9.17, 15) is 0 Å². The van der Waals surface area contributed by atoms with Gasteiger partial charge in [-0.3, -0.25) is 0 Å². The standard InChI is InChI=1S/C16H36N.C2H6S/c1-5-9-13-17(14-10-6-2,15-11-7-3)16-12-8-4;1-2-3/h5-16H2,1-4H3;3H,2H2,1H3/q+1;/p-1. The molecule has 0 aliphatic carbocycles. The Hall–Kier alpha value is 0.310. The summed E-state index contributed by atoms with van der Waals surface area (Å²) in [5, 5.41) is 0. The largest absolute Gasteiger partial charge is 0.793 e. The van der Waals surface area contributed by atoms with Gasteiger partial charge in [-0.25, -0.2) is 0 Å². The maximum atomic E-state index is 4.39. The topological polar surface area (TPSA) is 0 Å². The molecule has 20 heavy (non-hydrogen) atoms. The minimum atomic E-state index is 0.833. The molecule has 0 aliphatic rings. The summed E-state index contributed by atoms with van der Waals surface area (Å²) in [7, 11) is 0. The zero-order valence-corrected chi connectivity index (χ0v) is 15.9. The summed E-state index contributed by atoms with van der Waals surface area (Å²) in [5.74, 6) is 0.833. The summed E-state index contributed by atoms with van der Waals surface area (Å²) in [6.45, 7) is 17.0. The van der Waals surface area contributed by atoms with Crippen molar-refractivity contribution >= 4 is 12.6 Å². The molecule has 0 aromatic carbocycles. The Morgan fingerprint density at radius 2 is 0.750 bits per heavy atom. The average molecular weight is 304 g/mol. The molecule has 0 spiro atoms. The molecule has 124 valence electrons. The quantitative estimate of drug-likeness (QED) is 0.336. The van der Waals surface area contributed by atoms with Crippen LogP contribution in [-0.2, 0) is 12.6 Å². The van der Waals surface area contributed by atoms with E-state index in [1.807, 2.05) is 6.92 Å². The number of quaternary nitrogens is 1. The first-order chi connectivity index (χ1) is 9.66. The third-order valence-electron chi connectivity index (χ3n) is 3.94. The predicted octanol–water partition coefficient (Wildman–Crippen LogP) is 5.56. The van der Waals surface area contributed by atoms with Crippen molar-refractivity contribution in [2.24, 2.45) is 0 Å². The molecular weight excluding hydrogens is 262 g/mol. The van der Waals surface area contributed by atoms with Gasteiger partial charge >= 0.3 is 0 Å². The van der Waals surface area contributed by atoms with Crippen molar-refractivity contribution < 1.29 is 4.48 Å². The van der Waals surface area contributed by atoms with Crippen LogP contribution in [0.2, 0.25) is 0 Å².